The summed E-state index contributed by atoms with van der Waals surface area (Å²) >= 11 is 0. The van der Waals surface area contributed by atoms with Crippen LogP contribution in [0.1, 0.15) is 11.1 Å². The number of nitrogens with zero attached hydrogens (tertiary/aromatic N) is 3. The first-order chi connectivity index (χ1) is 14.7. The van der Waals surface area contributed by atoms with Crippen LogP contribution in [0.5, 0.6) is 11.5 Å². The second-order valence-corrected chi connectivity index (χ2v) is 6.49. The summed E-state index contributed by atoms with van der Waals surface area (Å²) in [6.45, 7) is 1.63. The van der Waals surface area contributed by atoms with Gasteiger partial charge in [0.05, 0.1) is 37.7 Å². The number of hydrogen-bond donors (Lipinski definition) is 2. The average Bonchev–Trinajstić information content (AvgIpc) is 3.26. The zero-order valence-electron chi connectivity index (χ0n) is 16.9. The van der Waals surface area contributed by atoms with Crippen molar-refractivity contribution in [3.05, 3.63) is 54.1 Å². The Hall–Kier alpha value is -3.76. The van der Waals surface area contributed by atoms with Crippen molar-refractivity contribution in [2.75, 3.05) is 31.4 Å². The van der Waals surface area contributed by atoms with Crippen LogP contribution >= 0.6 is 0 Å². The van der Waals surface area contributed by atoms with Gasteiger partial charge in [0.2, 0.25) is 5.91 Å². The van der Waals surface area contributed by atoms with Gasteiger partial charge in [-0.05, 0) is 36.8 Å². The molecule has 2 aromatic carbocycles. The van der Waals surface area contributed by atoms with Crippen molar-refractivity contribution in [2.24, 2.45) is 0 Å². The number of hydrogen-bond acceptors (Lipinski definition) is 6. The maximum absolute atomic E-state index is 13.1. The fourth-order valence-electron chi connectivity index (χ4n) is 2.89. The summed E-state index contributed by atoms with van der Waals surface area (Å²) in [6, 6.07) is 6.41. The van der Waals surface area contributed by atoms with Crippen molar-refractivity contribution in [2.45, 2.75) is 13.1 Å². The highest BCUT2D eigenvalue weighted by molar-refractivity contribution is 5.95. The normalized spacial score (nSPS) is 11.2. The third-order valence-electron chi connectivity index (χ3n) is 4.43. The second kappa shape index (κ2) is 8.94. The smallest absolute Gasteiger partial charge is 0.416 e. The van der Waals surface area contributed by atoms with Crippen LogP contribution in [0.3, 0.4) is 0 Å². The molecule has 0 radical (unpaired) electrons. The second-order valence-electron chi connectivity index (χ2n) is 6.49. The number of ether oxygens (including phenoxy) is 2. The predicted molar refractivity (Wildman–Crippen MR) is 108 cm³/mol. The summed E-state index contributed by atoms with van der Waals surface area (Å²) in [4.78, 5) is 16.3. The Labute approximate surface area is 176 Å². The van der Waals surface area contributed by atoms with Gasteiger partial charge in [-0.1, -0.05) is 0 Å². The Morgan fingerprint density at radius 3 is 2.42 bits per heavy atom. The van der Waals surface area contributed by atoms with Gasteiger partial charge in [0.1, 0.15) is 12.7 Å². The highest BCUT2D eigenvalue weighted by atomic mass is 19.4. The number of aryl methyl sites for hydroxylation is 1. The van der Waals surface area contributed by atoms with Crippen molar-refractivity contribution in [3.8, 4) is 17.2 Å². The van der Waals surface area contributed by atoms with Gasteiger partial charge in [-0.3, -0.25) is 4.79 Å². The zero-order chi connectivity index (χ0) is 22.6. The van der Waals surface area contributed by atoms with E-state index in [1.54, 1.807) is 12.1 Å². The lowest BCUT2D eigenvalue weighted by molar-refractivity contribution is -0.137. The van der Waals surface area contributed by atoms with E-state index in [2.05, 4.69) is 20.7 Å². The van der Waals surface area contributed by atoms with E-state index in [1.165, 1.54) is 37.6 Å². The molecule has 0 aliphatic carbocycles. The molecule has 0 saturated heterocycles. The van der Waals surface area contributed by atoms with E-state index in [4.69, 9.17) is 9.47 Å². The highest BCUT2D eigenvalue weighted by Crippen LogP contribution is 2.34. The van der Waals surface area contributed by atoms with E-state index in [0.29, 0.717) is 17.2 Å². The number of rotatable bonds is 7. The van der Waals surface area contributed by atoms with Crippen LogP contribution in [0.2, 0.25) is 0 Å². The lowest BCUT2D eigenvalue weighted by atomic mass is 10.1. The lowest BCUT2D eigenvalue weighted by Crippen LogP contribution is -2.23. The van der Waals surface area contributed by atoms with Gasteiger partial charge in [-0.25, -0.2) is 9.67 Å². The third kappa shape index (κ3) is 5.05. The molecule has 8 nitrogen and oxygen atoms in total. The molecule has 0 aliphatic rings. The fraction of sp³-hybridized carbons (Fsp3) is 0.250. The molecule has 3 rings (SSSR count). The van der Waals surface area contributed by atoms with Crippen LogP contribution in [0.25, 0.3) is 5.69 Å². The van der Waals surface area contributed by atoms with E-state index in [9.17, 15) is 18.0 Å². The van der Waals surface area contributed by atoms with E-state index >= 15 is 0 Å². The zero-order valence-corrected chi connectivity index (χ0v) is 16.9. The van der Waals surface area contributed by atoms with Gasteiger partial charge in [0.25, 0.3) is 0 Å². The molecule has 0 spiro atoms. The molecule has 11 heteroatoms. The Morgan fingerprint density at radius 2 is 1.81 bits per heavy atom. The van der Waals surface area contributed by atoms with Gasteiger partial charge in [-0.15, -0.1) is 0 Å². The highest BCUT2D eigenvalue weighted by Gasteiger charge is 2.31. The van der Waals surface area contributed by atoms with Crippen LogP contribution in [0, 0.1) is 6.92 Å². The van der Waals surface area contributed by atoms with Crippen LogP contribution in [0.4, 0.5) is 24.5 Å². The molecule has 0 bridgehead atoms. The van der Waals surface area contributed by atoms with Crippen molar-refractivity contribution in [3.63, 3.8) is 0 Å². The van der Waals surface area contributed by atoms with Gasteiger partial charge < -0.3 is 20.1 Å². The van der Waals surface area contributed by atoms with Crippen molar-refractivity contribution < 1.29 is 27.4 Å². The molecule has 2 N–H and O–H groups in total. The Kier molecular flexibility index (Phi) is 6.33. The van der Waals surface area contributed by atoms with Crippen LogP contribution < -0.4 is 20.1 Å². The number of carbonyl (C=O) groups is 1. The fourth-order valence-corrected chi connectivity index (χ4v) is 2.89. The Balaban J connectivity index is 1.80. The number of alkyl halides is 3. The van der Waals surface area contributed by atoms with E-state index in [0.717, 1.165) is 17.7 Å². The molecule has 0 unspecified atom stereocenters. The molecule has 164 valence electrons. The minimum Gasteiger partial charge on any atom is -0.493 e. The van der Waals surface area contributed by atoms with Gasteiger partial charge >= 0.3 is 6.18 Å². The third-order valence-corrected chi connectivity index (χ3v) is 4.43. The number of aromatic nitrogens is 3. The topological polar surface area (TPSA) is 90.3 Å². The minimum atomic E-state index is -4.56. The number of methoxy groups -OCH3 is 2. The summed E-state index contributed by atoms with van der Waals surface area (Å²) in [5.74, 6) is 0.466. The van der Waals surface area contributed by atoms with E-state index in [1.807, 2.05) is 6.92 Å². The summed E-state index contributed by atoms with van der Waals surface area (Å²) in [5, 5.41) is 9.38. The van der Waals surface area contributed by atoms with Gasteiger partial charge in [-0.2, -0.15) is 18.3 Å². The average molecular weight is 435 g/mol. The van der Waals surface area contributed by atoms with Crippen LogP contribution in [-0.2, 0) is 11.0 Å². The van der Waals surface area contributed by atoms with E-state index in [-0.39, 0.29) is 17.9 Å². The summed E-state index contributed by atoms with van der Waals surface area (Å²) in [6.07, 6.45) is -2.00. The van der Waals surface area contributed by atoms with E-state index < -0.39 is 17.6 Å². The molecule has 1 aromatic heterocycles. The quantitative estimate of drug-likeness (QED) is 0.589. The number of amides is 1. The summed E-state index contributed by atoms with van der Waals surface area (Å²) in [7, 11) is 3.00. The molecule has 0 saturated carbocycles. The molecular formula is C20H20F3N5O3. The molecule has 0 aliphatic heterocycles. The SMILES string of the molecule is COc1cc(C)c(NCC(=O)Nc2cc(C(F)(F)F)ccc2-n2cncn2)cc1OC. The molecule has 31 heavy (non-hydrogen) atoms. The lowest BCUT2D eigenvalue weighted by Gasteiger charge is -2.16. The molecule has 1 amide bonds. The summed E-state index contributed by atoms with van der Waals surface area (Å²) < 4.78 is 51.2. The van der Waals surface area contributed by atoms with Gasteiger partial charge in [0.15, 0.2) is 11.5 Å². The first-order valence-corrected chi connectivity index (χ1v) is 9.05. The standard InChI is InChI=1S/C20H20F3N5O3/c1-12-6-17(30-2)18(31-3)8-14(12)25-9-19(29)27-15-7-13(20(21,22)23)4-5-16(15)28-11-24-10-26-28/h4-8,10-11,25H,9H2,1-3H3,(H,27,29). The molecule has 3 aromatic rings. The number of halogens is 3. The molecule has 0 atom stereocenters. The van der Waals surface area contributed by atoms with Crippen LogP contribution in [0.15, 0.2) is 43.0 Å². The van der Waals surface area contributed by atoms with Crippen molar-refractivity contribution in [1.82, 2.24) is 14.8 Å². The predicted octanol–water partition coefficient (Wildman–Crippen LogP) is 3.66. The largest absolute Gasteiger partial charge is 0.493 e. The summed E-state index contributed by atoms with van der Waals surface area (Å²) in [5.41, 5.74) is 0.730. The van der Waals surface area contributed by atoms with Crippen LogP contribution in [-0.4, -0.2) is 41.4 Å². The first-order valence-electron chi connectivity index (χ1n) is 9.05. The molecule has 1 heterocycles. The maximum atomic E-state index is 13.1. The number of benzene rings is 2. The Morgan fingerprint density at radius 1 is 1.10 bits per heavy atom. The first kappa shape index (κ1) is 21.9. The number of nitrogens with one attached hydrogen (secondary N) is 2. The number of carbonyl (C=O) groups excluding carboxylic acids is 1. The van der Waals surface area contributed by atoms with Crippen molar-refractivity contribution >= 4 is 17.3 Å². The maximum Gasteiger partial charge on any atom is 0.416 e. The Bertz CT molecular complexity index is 1070. The molecule has 0 fully saturated rings. The molecular weight excluding hydrogens is 415 g/mol. The number of anilines is 2. The minimum absolute atomic E-state index is 0.0452. The van der Waals surface area contributed by atoms with Gasteiger partial charge in [0, 0.05) is 11.8 Å². The van der Waals surface area contributed by atoms with Crippen molar-refractivity contribution in [1.29, 1.82) is 0 Å². The monoisotopic (exact) mass is 435 g/mol.